The van der Waals surface area contributed by atoms with Crippen LogP contribution in [0.2, 0.25) is 0 Å². The number of rotatable bonds is 11. The van der Waals surface area contributed by atoms with Crippen LogP contribution >= 0.6 is 0 Å². The smallest absolute Gasteiger partial charge is 0.292 e. The van der Waals surface area contributed by atoms with E-state index in [0.29, 0.717) is 31.7 Å². The van der Waals surface area contributed by atoms with Crippen molar-refractivity contribution in [3.05, 3.63) is 68.1 Å². The molecule has 0 bridgehead atoms. The Morgan fingerprint density at radius 2 is 1.85 bits per heavy atom. The minimum Gasteiger partial charge on any atom is -0.395 e. The highest BCUT2D eigenvalue weighted by Gasteiger charge is 2.40. The second-order valence-corrected chi connectivity index (χ2v) is 10.7. The van der Waals surface area contributed by atoms with E-state index in [1.54, 1.807) is 4.90 Å². The summed E-state index contributed by atoms with van der Waals surface area (Å²) in [6.07, 6.45) is -3.04. The van der Waals surface area contributed by atoms with Crippen molar-refractivity contribution in [2.45, 2.75) is 57.0 Å². The number of likely N-dealkylation sites (tertiary alicyclic amines) is 1. The zero-order valence-corrected chi connectivity index (χ0v) is 22.4. The summed E-state index contributed by atoms with van der Waals surface area (Å²) in [5, 5.41) is 61.3. The van der Waals surface area contributed by atoms with Gasteiger partial charge < -0.3 is 31.1 Å². The highest BCUT2D eigenvalue weighted by atomic mass is 16.6. The first kappa shape index (κ1) is 30.1. The Bertz CT molecular complexity index is 1200. The van der Waals surface area contributed by atoms with E-state index in [0.717, 1.165) is 16.8 Å². The number of benzene rings is 2. The minimum absolute atomic E-state index is 0.131. The molecule has 2 aromatic rings. The fourth-order valence-electron chi connectivity index (χ4n) is 4.62. The minimum atomic E-state index is -1.29. The van der Waals surface area contributed by atoms with Gasteiger partial charge in [-0.15, -0.1) is 0 Å². The molecule has 0 aromatic heterocycles. The number of hydrogen-bond acceptors (Lipinski definition) is 10. The number of β-amino-alcohol motifs (C(OH)–C–C–N with tert-alkyl or cyclic N) is 1. The van der Waals surface area contributed by atoms with Crippen LogP contribution in [0.15, 0.2) is 41.5 Å². The van der Waals surface area contributed by atoms with Gasteiger partial charge in [-0.05, 0) is 46.7 Å². The second kappa shape index (κ2) is 13.1. The number of anilines is 2. The molecule has 1 heterocycles. The van der Waals surface area contributed by atoms with E-state index >= 15 is 0 Å². The van der Waals surface area contributed by atoms with Gasteiger partial charge in [-0.3, -0.25) is 15.0 Å². The van der Waals surface area contributed by atoms with Crippen LogP contribution in [0.25, 0.3) is 10.4 Å². The van der Waals surface area contributed by atoms with Gasteiger partial charge in [0.05, 0.1) is 23.7 Å². The van der Waals surface area contributed by atoms with Gasteiger partial charge in [-0.1, -0.05) is 38.0 Å². The Labute approximate surface area is 226 Å². The van der Waals surface area contributed by atoms with Crippen molar-refractivity contribution in [3.63, 3.8) is 0 Å². The summed E-state index contributed by atoms with van der Waals surface area (Å²) < 4.78 is 0. The molecule has 0 amide bonds. The van der Waals surface area contributed by atoms with Gasteiger partial charge in [-0.25, -0.2) is 0 Å². The van der Waals surface area contributed by atoms with Gasteiger partial charge >= 0.3 is 0 Å². The Balaban J connectivity index is 1.68. The van der Waals surface area contributed by atoms with Crippen LogP contribution in [-0.4, -0.2) is 87.4 Å². The summed E-state index contributed by atoms with van der Waals surface area (Å²) in [4.78, 5) is 15.3. The summed E-state index contributed by atoms with van der Waals surface area (Å²) in [7, 11) is 0. The van der Waals surface area contributed by atoms with Gasteiger partial charge in [0.2, 0.25) is 0 Å². The van der Waals surface area contributed by atoms with Crippen molar-refractivity contribution >= 4 is 22.7 Å². The molecule has 1 aliphatic heterocycles. The van der Waals surface area contributed by atoms with E-state index in [1.165, 1.54) is 18.2 Å². The first-order valence-electron chi connectivity index (χ1n) is 12.8. The Kier molecular flexibility index (Phi) is 10.1. The van der Waals surface area contributed by atoms with Crippen molar-refractivity contribution in [2.75, 3.05) is 43.4 Å². The monoisotopic (exact) mass is 543 g/mol. The van der Waals surface area contributed by atoms with E-state index in [4.69, 9.17) is 5.53 Å². The molecular formula is C26H37N7O6. The van der Waals surface area contributed by atoms with Crippen LogP contribution in [0, 0.1) is 10.1 Å². The third-order valence-corrected chi connectivity index (χ3v) is 6.87. The SMILES string of the molecule is CC(C)(C)c1cc(CCN2C[C@H](O)[C@@H](O)[C@H](O)[C@H]2CO)cc(NCCNc2ccc(N=[N+]=[N-])cc2[N+](=O)[O-])c1. The topological polar surface area (TPSA) is 200 Å². The van der Waals surface area contributed by atoms with Crippen molar-refractivity contribution in [2.24, 2.45) is 5.11 Å². The average molecular weight is 544 g/mol. The number of piperidine rings is 1. The number of aliphatic hydroxyl groups excluding tert-OH is 4. The molecule has 0 aliphatic carbocycles. The lowest BCUT2D eigenvalue weighted by atomic mass is 9.85. The van der Waals surface area contributed by atoms with E-state index in [1.807, 2.05) is 6.07 Å². The molecule has 0 radical (unpaired) electrons. The maximum atomic E-state index is 11.4. The number of nitro groups is 1. The Morgan fingerprint density at radius 1 is 1.13 bits per heavy atom. The zero-order chi connectivity index (χ0) is 28.7. The largest absolute Gasteiger partial charge is 0.395 e. The molecule has 0 saturated carbocycles. The molecule has 3 rings (SSSR count). The highest BCUT2D eigenvalue weighted by Crippen LogP contribution is 2.30. The molecule has 1 saturated heterocycles. The molecular weight excluding hydrogens is 506 g/mol. The molecule has 6 N–H and O–H groups in total. The zero-order valence-electron chi connectivity index (χ0n) is 22.4. The van der Waals surface area contributed by atoms with Crippen LogP contribution in [0.5, 0.6) is 0 Å². The van der Waals surface area contributed by atoms with E-state index < -0.39 is 29.3 Å². The lowest BCUT2D eigenvalue weighted by Gasteiger charge is -2.43. The summed E-state index contributed by atoms with van der Waals surface area (Å²) in [5.41, 5.74) is 11.7. The first-order chi connectivity index (χ1) is 18.4. The van der Waals surface area contributed by atoms with E-state index in [-0.39, 0.29) is 29.9 Å². The third-order valence-electron chi connectivity index (χ3n) is 6.87. The van der Waals surface area contributed by atoms with Crippen LogP contribution in [0.4, 0.5) is 22.7 Å². The normalized spacial score (nSPS) is 21.7. The quantitative estimate of drug-likeness (QED) is 0.0615. The van der Waals surface area contributed by atoms with Crippen molar-refractivity contribution in [1.29, 1.82) is 0 Å². The molecule has 1 fully saturated rings. The molecule has 212 valence electrons. The molecule has 13 heteroatoms. The van der Waals surface area contributed by atoms with Gasteiger partial charge in [-0.2, -0.15) is 0 Å². The van der Waals surface area contributed by atoms with E-state index in [2.05, 4.69) is 53.6 Å². The number of azide groups is 1. The predicted molar refractivity (Wildman–Crippen MR) is 148 cm³/mol. The number of nitrogens with one attached hydrogen (secondary N) is 2. The van der Waals surface area contributed by atoms with Crippen LogP contribution in [-0.2, 0) is 11.8 Å². The van der Waals surface area contributed by atoms with Crippen LogP contribution < -0.4 is 10.6 Å². The molecule has 0 unspecified atom stereocenters. The van der Waals surface area contributed by atoms with Gasteiger partial charge in [0.25, 0.3) is 5.69 Å². The Hall–Kier alpha value is -3.45. The summed E-state index contributed by atoms with van der Waals surface area (Å²) in [6.45, 7) is 7.47. The lowest BCUT2D eigenvalue weighted by molar-refractivity contribution is -0.383. The molecule has 1 aliphatic rings. The summed E-state index contributed by atoms with van der Waals surface area (Å²) in [5.74, 6) is 0. The standard InChI is InChI=1S/C26H37N7O6/c1-26(2,3)17-10-16(6-9-32-14-23(35)25(37)24(36)22(32)15-34)11-19(12-17)28-7-8-29-20-5-4-18(30-31-27)13-21(20)33(38)39/h4-5,10-13,22-25,28-29,34-37H,6-9,14-15H2,1-3H3/t22-,23+,24-,25-/m1/s1. The number of aliphatic hydroxyl groups is 4. The first-order valence-corrected chi connectivity index (χ1v) is 12.8. The average Bonchev–Trinajstić information content (AvgIpc) is 2.88. The predicted octanol–water partition coefficient (Wildman–Crippen LogP) is 2.66. The number of nitro benzene ring substituents is 1. The fraction of sp³-hybridized carbons (Fsp3) is 0.538. The van der Waals surface area contributed by atoms with Crippen molar-refractivity contribution in [1.82, 2.24) is 4.90 Å². The molecule has 39 heavy (non-hydrogen) atoms. The molecule has 13 nitrogen and oxygen atoms in total. The Morgan fingerprint density at radius 3 is 2.49 bits per heavy atom. The maximum absolute atomic E-state index is 11.4. The van der Waals surface area contributed by atoms with Crippen molar-refractivity contribution < 1.29 is 25.3 Å². The van der Waals surface area contributed by atoms with Crippen LogP contribution in [0.1, 0.15) is 31.9 Å². The van der Waals surface area contributed by atoms with Crippen LogP contribution in [0.3, 0.4) is 0 Å². The molecule has 0 spiro atoms. The maximum Gasteiger partial charge on any atom is 0.292 e. The number of hydrogen-bond donors (Lipinski definition) is 6. The molecule has 2 aromatic carbocycles. The van der Waals surface area contributed by atoms with Gasteiger partial charge in [0, 0.05) is 48.5 Å². The van der Waals surface area contributed by atoms with Gasteiger partial charge in [0.15, 0.2) is 0 Å². The van der Waals surface area contributed by atoms with E-state index in [9.17, 15) is 30.5 Å². The summed E-state index contributed by atoms with van der Waals surface area (Å²) in [6, 6.07) is 9.74. The lowest BCUT2D eigenvalue weighted by Crippen LogP contribution is -2.62. The third kappa shape index (κ3) is 7.79. The highest BCUT2D eigenvalue weighted by molar-refractivity contribution is 5.66. The molecule has 4 atom stereocenters. The summed E-state index contributed by atoms with van der Waals surface area (Å²) >= 11 is 0. The fourth-order valence-corrected chi connectivity index (χ4v) is 4.62. The number of nitrogens with zero attached hydrogens (tertiary/aromatic N) is 5. The van der Waals surface area contributed by atoms with Gasteiger partial charge in [0.1, 0.15) is 17.9 Å². The van der Waals surface area contributed by atoms with Crippen molar-refractivity contribution in [3.8, 4) is 0 Å². The second-order valence-electron chi connectivity index (χ2n) is 10.7.